The summed E-state index contributed by atoms with van der Waals surface area (Å²) in [7, 11) is 0. The van der Waals surface area contributed by atoms with Gasteiger partial charge in [0.05, 0.1) is 29.2 Å². The highest BCUT2D eigenvalue weighted by molar-refractivity contribution is 6.31. The van der Waals surface area contributed by atoms with Crippen LogP contribution in [0.15, 0.2) is 42.5 Å². The normalized spacial score (nSPS) is 18.5. The first kappa shape index (κ1) is 22.1. The number of hydrogen-bond acceptors (Lipinski definition) is 4. The molecule has 6 heteroatoms. The average Bonchev–Trinajstić information content (AvgIpc) is 2.89. The van der Waals surface area contributed by atoms with Crippen LogP contribution < -0.4 is 9.80 Å². The van der Waals surface area contributed by atoms with Gasteiger partial charge in [0.25, 0.3) is 5.91 Å². The van der Waals surface area contributed by atoms with Crippen molar-refractivity contribution in [3.05, 3.63) is 53.1 Å². The van der Waals surface area contributed by atoms with Gasteiger partial charge in [0.2, 0.25) is 0 Å². The molecule has 0 radical (unpaired) electrons. The Morgan fingerprint density at radius 2 is 1.87 bits per heavy atom. The number of amides is 1. The van der Waals surface area contributed by atoms with E-state index < -0.39 is 0 Å². The third-order valence-electron chi connectivity index (χ3n) is 5.89. The van der Waals surface area contributed by atoms with Gasteiger partial charge in [-0.15, -0.1) is 0 Å². The second-order valence-electron chi connectivity index (χ2n) is 8.13. The molecule has 1 saturated heterocycles. The Morgan fingerprint density at radius 1 is 1.03 bits per heavy atom. The number of para-hydroxylation sites is 1. The highest BCUT2D eigenvalue weighted by atomic mass is 35.5. The van der Waals surface area contributed by atoms with Crippen molar-refractivity contribution >= 4 is 34.6 Å². The van der Waals surface area contributed by atoms with Crippen molar-refractivity contribution in [3.8, 4) is 0 Å². The van der Waals surface area contributed by atoms with E-state index in [1.807, 2.05) is 47.4 Å². The van der Waals surface area contributed by atoms with Gasteiger partial charge >= 0.3 is 0 Å². The molecule has 0 bridgehead atoms. The van der Waals surface area contributed by atoms with Gasteiger partial charge in [-0.3, -0.25) is 4.79 Å². The monoisotopic (exact) mass is 442 g/mol. The van der Waals surface area contributed by atoms with Crippen LogP contribution in [0.1, 0.15) is 55.8 Å². The van der Waals surface area contributed by atoms with Crippen molar-refractivity contribution in [2.75, 3.05) is 36.1 Å². The summed E-state index contributed by atoms with van der Waals surface area (Å²) >= 11 is 6.39. The number of carbonyl (C=O) groups excluding carboxylic acids is 1. The molecule has 2 aliphatic rings. The van der Waals surface area contributed by atoms with Gasteiger partial charge in [-0.2, -0.15) is 0 Å². The lowest BCUT2D eigenvalue weighted by Crippen LogP contribution is -2.32. The molecule has 0 N–H and O–H groups in total. The van der Waals surface area contributed by atoms with Crippen molar-refractivity contribution in [1.29, 1.82) is 0 Å². The zero-order valence-electron chi connectivity index (χ0n) is 18.2. The molecule has 0 spiro atoms. The van der Waals surface area contributed by atoms with Crippen LogP contribution in [0.5, 0.6) is 0 Å². The second-order valence-corrected chi connectivity index (χ2v) is 8.57. The number of anilines is 3. The van der Waals surface area contributed by atoms with Gasteiger partial charge in [0.15, 0.2) is 6.29 Å². The molecule has 0 aliphatic carbocycles. The van der Waals surface area contributed by atoms with Crippen molar-refractivity contribution in [2.24, 2.45) is 0 Å². The fourth-order valence-electron chi connectivity index (χ4n) is 4.27. The van der Waals surface area contributed by atoms with Crippen LogP contribution in [0.3, 0.4) is 0 Å². The number of nitrogens with zero attached hydrogens (tertiary/aromatic N) is 2. The average molecular weight is 443 g/mol. The molecule has 2 aromatic rings. The summed E-state index contributed by atoms with van der Waals surface area (Å²) in [5.74, 6) is 0.0205. The highest BCUT2D eigenvalue weighted by Gasteiger charge is 2.30. The molecule has 1 atom stereocenters. The minimum Gasteiger partial charge on any atom is -0.353 e. The summed E-state index contributed by atoms with van der Waals surface area (Å²) in [6.45, 7) is 4.93. The van der Waals surface area contributed by atoms with Crippen molar-refractivity contribution in [2.45, 2.75) is 51.7 Å². The maximum Gasteiger partial charge on any atom is 0.260 e. The molecular formula is C25H31ClN2O3. The summed E-state index contributed by atoms with van der Waals surface area (Å²) < 4.78 is 11.6. The molecule has 0 saturated carbocycles. The summed E-state index contributed by atoms with van der Waals surface area (Å²) in [6, 6.07) is 13.7. The number of benzene rings is 2. The van der Waals surface area contributed by atoms with Gasteiger partial charge < -0.3 is 19.3 Å². The summed E-state index contributed by atoms with van der Waals surface area (Å²) in [6.07, 6.45) is 5.94. The van der Waals surface area contributed by atoms with Crippen LogP contribution in [0.4, 0.5) is 17.1 Å². The smallest absolute Gasteiger partial charge is 0.260 e. The first-order valence-electron chi connectivity index (χ1n) is 11.4. The number of ether oxygens (including phenoxy) is 2. The summed E-state index contributed by atoms with van der Waals surface area (Å²) in [5.41, 5.74) is 3.55. The van der Waals surface area contributed by atoms with Gasteiger partial charge in [0, 0.05) is 24.7 Å². The largest absolute Gasteiger partial charge is 0.353 e. The Kier molecular flexibility index (Phi) is 7.49. The Morgan fingerprint density at radius 3 is 2.68 bits per heavy atom. The number of fused-ring (bicyclic) bond motifs is 2. The number of halogens is 1. The zero-order valence-corrected chi connectivity index (χ0v) is 18.9. The predicted octanol–water partition coefficient (Wildman–Crippen LogP) is 6.17. The summed E-state index contributed by atoms with van der Waals surface area (Å²) in [4.78, 5) is 17.7. The zero-order chi connectivity index (χ0) is 21.6. The second kappa shape index (κ2) is 10.5. The molecule has 166 valence electrons. The first-order valence-corrected chi connectivity index (χ1v) is 11.8. The van der Waals surface area contributed by atoms with Crippen molar-refractivity contribution in [3.63, 3.8) is 0 Å². The van der Waals surface area contributed by atoms with Crippen molar-refractivity contribution < 1.29 is 14.3 Å². The third-order valence-corrected chi connectivity index (χ3v) is 6.13. The minimum atomic E-state index is -0.107. The summed E-state index contributed by atoms with van der Waals surface area (Å²) in [5, 5.41) is 0.671. The SMILES string of the molecule is CCCCN1c2ccccc2C(=O)N(CCCOC2CCCCO2)c2ccc(Cl)cc21. The van der Waals surface area contributed by atoms with E-state index in [9.17, 15) is 4.79 Å². The van der Waals surface area contributed by atoms with E-state index in [0.717, 1.165) is 74.3 Å². The number of hydrogen-bond donors (Lipinski definition) is 0. The first-order chi connectivity index (χ1) is 15.2. The fraction of sp³-hybridized carbons (Fsp3) is 0.480. The lowest BCUT2D eigenvalue weighted by atomic mass is 10.1. The van der Waals surface area contributed by atoms with Gasteiger partial charge in [0.1, 0.15) is 0 Å². The van der Waals surface area contributed by atoms with E-state index in [2.05, 4.69) is 11.8 Å². The van der Waals surface area contributed by atoms with E-state index in [4.69, 9.17) is 21.1 Å². The predicted molar refractivity (Wildman–Crippen MR) is 126 cm³/mol. The Hall–Kier alpha value is -2.08. The van der Waals surface area contributed by atoms with Crippen LogP contribution in [-0.4, -0.2) is 38.5 Å². The van der Waals surface area contributed by atoms with Crippen LogP contribution in [0.2, 0.25) is 5.02 Å². The van der Waals surface area contributed by atoms with Gasteiger partial charge in [-0.1, -0.05) is 37.1 Å². The van der Waals surface area contributed by atoms with Crippen molar-refractivity contribution in [1.82, 2.24) is 0 Å². The van der Waals surface area contributed by atoms with E-state index in [1.54, 1.807) is 0 Å². The van der Waals surface area contributed by atoms with E-state index in [-0.39, 0.29) is 12.2 Å². The molecule has 31 heavy (non-hydrogen) atoms. The molecule has 4 rings (SSSR count). The standard InChI is InChI=1S/C25H31ClN2O3/c1-2-3-14-27-21-10-5-4-9-20(21)25(29)28(22-13-12-19(26)18-23(22)27)15-8-17-31-24-11-6-7-16-30-24/h4-5,9-10,12-13,18,24H,2-3,6-8,11,14-17H2,1H3. The minimum absolute atomic E-state index is 0.0205. The molecule has 5 nitrogen and oxygen atoms in total. The fourth-order valence-corrected chi connectivity index (χ4v) is 4.44. The number of carbonyl (C=O) groups is 1. The number of unbranched alkanes of at least 4 members (excludes halogenated alkanes) is 1. The third kappa shape index (κ3) is 5.05. The maximum absolute atomic E-state index is 13.6. The van der Waals surface area contributed by atoms with Gasteiger partial charge in [-0.05, 0) is 62.4 Å². The van der Waals surface area contributed by atoms with E-state index in [1.165, 1.54) is 0 Å². The van der Waals surface area contributed by atoms with Crippen LogP contribution in [0, 0.1) is 0 Å². The highest BCUT2D eigenvalue weighted by Crippen LogP contribution is 2.42. The van der Waals surface area contributed by atoms with E-state index >= 15 is 0 Å². The van der Waals surface area contributed by atoms with Crippen LogP contribution in [-0.2, 0) is 9.47 Å². The molecule has 2 aromatic carbocycles. The maximum atomic E-state index is 13.6. The Bertz CT molecular complexity index is 898. The molecule has 1 unspecified atom stereocenters. The Labute approximate surface area is 189 Å². The lowest BCUT2D eigenvalue weighted by Gasteiger charge is -2.28. The molecule has 2 heterocycles. The molecular weight excluding hydrogens is 412 g/mol. The molecule has 1 amide bonds. The Balaban J connectivity index is 1.59. The number of rotatable bonds is 8. The van der Waals surface area contributed by atoms with E-state index in [0.29, 0.717) is 18.2 Å². The van der Waals surface area contributed by atoms with Gasteiger partial charge in [-0.25, -0.2) is 0 Å². The quantitative estimate of drug-likeness (QED) is 0.458. The molecule has 1 fully saturated rings. The van der Waals surface area contributed by atoms with Crippen LogP contribution in [0.25, 0.3) is 0 Å². The molecule has 2 aliphatic heterocycles. The topological polar surface area (TPSA) is 42.0 Å². The lowest BCUT2D eigenvalue weighted by molar-refractivity contribution is -0.162. The van der Waals surface area contributed by atoms with Crippen LogP contribution >= 0.6 is 11.6 Å². The molecule has 0 aromatic heterocycles.